The van der Waals surface area contributed by atoms with Crippen LogP contribution >= 0.6 is 0 Å². The standard InChI is InChI=1S/C18H19N3/c1-2-19-17(18-20-11-6-12-21-18)13-15-9-5-8-14-7-3-4-10-16(14)15/h3-12,17,19H,2,13H2,1H3. The third-order valence-corrected chi connectivity index (χ3v) is 3.65. The van der Waals surface area contributed by atoms with E-state index in [1.807, 2.05) is 6.07 Å². The second kappa shape index (κ2) is 6.46. The van der Waals surface area contributed by atoms with Crippen LogP contribution in [0.2, 0.25) is 0 Å². The van der Waals surface area contributed by atoms with Gasteiger partial charge in [-0.15, -0.1) is 0 Å². The van der Waals surface area contributed by atoms with Crippen LogP contribution in [-0.4, -0.2) is 16.5 Å². The predicted molar refractivity (Wildman–Crippen MR) is 86.1 cm³/mol. The van der Waals surface area contributed by atoms with Gasteiger partial charge >= 0.3 is 0 Å². The molecule has 0 saturated carbocycles. The van der Waals surface area contributed by atoms with Gasteiger partial charge in [-0.2, -0.15) is 0 Å². The lowest BCUT2D eigenvalue weighted by molar-refractivity contribution is 0.522. The van der Waals surface area contributed by atoms with Crippen molar-refractivity contribution >= 4 is 10.8 Å². The van der Waals surface area contributed by atoms with Crippen LogP contribution in [0.25, 0.3) is 10.8 Å². The Bertz CT molecular complexity index is 704. The van der Waals surface area contributed by atoms with Crippen LogP contribution < -0.4 is 5.32 Å². The molecule has 0 bridgehead atoms. The molecular formula is C18H19N3. The van der Waals surface area contributed by atoms with Crippen molar-refractivity contribution in [3.05, 3.63) is 72.3 Å². The summed E-state index contributed by atoms with van der Waals surface area (Å²) in [5, 5.41) is 6.07. The maximum Gasteiger partial charge on any atom is 0.145 e. The van der Waals surface area contributed by atoms with Crippen LogP contribution in [-0.2, 0) is 6.42 Å². The van der Waals surface area contributed by atoms with Crippen molar-refractivity contribution < 1.29 is 0 Å². The van der Waals surface area contributed by atoms with Crippen molar-refractivity contribution in [2.24, 2.45) is 0 Å². The van der Waals surface area contributed by atoms with E-state index in [2.05, 4.69) is 64.7 Å². The fourth-order valence-corrected chi connectivity index (χ4v) is 2.68. The molecule has 1 aromatic heterocycles. The lowest BCUT2D eigenvalue weighted by Crippen LogP contribution is -2.24. The zero-order valence-corrected chi connectivity index (χ0v) is 12.2. The van der Waals surface area contributed by atoms with E-state index in [1.54, 1.807) is 12.4 Å². The van der Waals surface area contributed by atoms with Crippen molar-refractivity contribution in [3.63, 3.8) is 0 Å². The maximum atomic E-state index is 4.40. The van der Waals surface area contributed by atoms with Gasteiger partial charge < -0.3 is 5.32 Å². The largest absolute Gasteiger partial charge is 0.307 e. The Hall–Kier alpha value is -2.26. The van der Waals surface area contributed by atoms with E-state index < -0.39 is 0 Å². The Morgan fingerprint density at radius 1 is 0.952 bits per heavy atom. The van der Waals surface area contributed by atoms with Gasteiger partial charge in [0.1, 0.15) is 5.82 Å². The Kier molecular flexibility index (Phi) is 4.22. The van der Waals surface area contributed by atoms with Gasteiger partial charge in [-0.05, 0) is 35.4 Å². The second-order valence-electron chi connectivity index (χ2n) is 5.06. The third-order valence-electron chi connectivity index (χ3n) is 3.65. The van der Waals surface area contributed by atoms with Gasteiger partial charge in [0.05, 0.1) is 6.04 Å². The number of hydrogen-bond acceptors (Lipinski definition) is 3. The first-order chi connectivity index (χ1) is 10.4. The number of nitrogens with one attached hydrogen (secondary N) is 1. The molecule has 1 heterocycles. The van der Waals surface area contributed by atoms with E-state index in [-0.39, 0.29) is 6.04 Å². The average molecular weight is 277 g/mol. The summed E-state index contributed by atoms with van der Waals surface area (Å²) < 4.78 is 0. The summed E-state index contributed by atoms with van der Waals surface area (Å²) in [4.78, 5) is 8.80. The molecule has 1 atom stereocenters. The number of aromatic nitrogens is 2. The van der Waals surface area contributed by atoms with Crippen molar-refractivity contribution in [2.75, 3.05) is 6.54 Å². The van der Waals surface area contributed by atoms with Gasteiger partial charge in [-0.1, -0.05) is 49.4 Å². The molecule has 2 aromatic carbocycles. The molecule has 0 radical (unpaired) electrons. The molecule has 0 amide bonds. The maximum absolute atomic E-state index is 4.40. The summed E-state index contributed by atoms with van der Waals surface area (Å²) in [5.41, 5.74) is 1.33. The Morgan fingerprint density at radius 3 is 2.52 bits per heavy atom. The van der Waals surface area contributed by atoms with Gasteiger partial charge in [0, 0.05) is 12.4 Å². The predicted octanol–water partition coefficient (Wildman–Crippen LogP) is 3.52. The first kappa shape index (κ1) is 13.7. The zero-order chi connectivity index (χ0) is 14.5. The fourth-order valence-electron chi connectivity index (χ4n) is 2.68. The number of nitrogens with zero attached hydrogens (tertiary/aromatic N) is 2. The average Bonchev–Trinajstić information content (AvgIpc) is 2.55. The molecule has 1 N–H and O–H groups in total. The minimum atomic E-state index is 0.141. The van der Waals surface area contributed by atoms with E-state index in [0.29, 0.717) is 0 Å². The molecule has 0 aliphatic heterocycles. The van der Waals surface area contributed by atoms with E-state index in [1.165, 1.54) is 16.3 Å². The number of hydrogen-bond donors (Lipinski definition) is 1. The van der Waals surface area contributed by atoms with Crippen LogP contribution in [0.15, 0.2) is 60.9 Å². The highest BCUT2D eigenvalue weighted by molar-refractivity contribution is 5.85. The first-order valence-electron chi connectivity index (χ1n) is 7.35. The van der Waals surface area contributed by atoms with Crippen molar-refractivity contribution in [2.45, 2.75) is 19.4 Å². The highest BCUT2D eigenvalue weighted by Crippen LogP contribution is 2.23. The summed E-state index contributed by atoms with van der Waals surface area (Å²) in [6.45, 7) is 3.01. The molecule has 3 heteroatoms. The SMILES string of the molecule is CCNC(Cc1cccc2ccccc12)c1ncccn1. The molecule has 3 nitrogen and oxygen atoms in total. The highest BCUT2D eigenvalue weighted by atomic mass is 15.0. The molecule has 0 spiro atoms. The summed E-state index contributed by atoms with van der Waals surface area (Å²) in [7, 11) is 0. The fraction of sp³-hybridized carbons (Fsp3) is 0.222. The third kappa shape index (κ3) is 3.09. The molecule has 1 unspecified atom stereocenters. The Morgan fingerprint density at radius 2 is 1.71 bits per heavy atom. The quantitative estimate of drug-likeness (QED) is 0.775. The second-order valence-corrected chi connectivity index (χ2v) is 5.06. The summed E-state index contributed by atoms with van der Waals surface area (Å²) >= 11 is 0. The molecule has 3 aromatic rings. The van der Waals surface area contributed by atoms with E-state index in [4.69, 9.17) is 0 Å². The molecular weight excluding hydrogens is 258 g/mol. The normalized spacial score (nSPS) is 12.4. The van der Waals surface area contributed by atoms with Gasteiger partial charge in [-0.25, -0.2) is 9.97 Å². The molecule has 3 rings (SSSR count). The van der Waals surface area contributed by atoms with E-state index in [9.17, 15) is 0 Å². The molecule has 0 fully saturated rings. The van der Waals surface area contributed by atoms with Crippen LogP contribution in [0.5, 0.6) is 0 Å². The number of likely N-dealkylation sites (N-methyl/N-ethyl adjacent to an activating group) is 1. The summed E-state index contributed by atoms with van der Waals surface area (Å²) in [6, 6.07) is 17.0. The van der Waals surface area contributed by atoms with E-state index in [0.717, 1.165) is 18.8 Å². The van der Waals surface area contributed by atoms with Gasteiger partial charge in [0.15, 0.2) is 0 Å². The minimum absolute atomic E-state index is 0.141. The van der Waals surface area contributed by atoms with Crippen LogP contribution in [0.3, 0.4) is 0 Å². The van der Waals surface area contributed by atoms with Gasteiger partial charge in [0.25, 0.3) is 0 Å². The van der Waals surface area contributed by atoms with Gasteiger partial charge in [0.2, 0.25) is 0 Å². The molecule has 106 valence electrons. The molecule has 21 heavy (non-hydrogen) atoms. The zero-order valence-electron chi connectivity index (χ0n) is 12.2. The van der Waals surface area contributed by atoms with Crippen molar-refractivity contribution in [3.8, 4) is 0 Å². The first-order valence-corrected chi connectivity index (χ1v) is 7.35. The van der Waals surface area contributed by atoms with Crippen LogP contribution in [0, 0.1) is 0 Å². The lowest BCUT2D eigenvalue weighted by atomic mass is 9.98. The molecule has 0 saturated heterocycles. The number of benzene rings is 2. The smallest absolute Gasteiger partial charge is 0.145 e. The monoisotopic (exact) mass is 277 g/mol. The Labute approximate surface area is 125 Å². The molecule has 0 aliphatic carbocycles. The lowest BCUT2D eigenvalue weighted by Gasteiger charge is -2.17. The topological polar surface area (TPSA) is 37.8 Å². The molecule has 0 aliphatic rings. The van der Waals surface area contributed by atoms with Gasteiger partial charge in [-0.3, -0.25) is 0 Å². The number of rotatable bonds is 5. The van der Waals surface area contributed by atoms with Crippen molar-refractivity contribution in [1.29, 1.82) is 0 Å². The highest BCUT2D eigenvalue weighted by Gasteiger charge is 2.14. The summed E-state index contributed by atoms with van der Waals surface area (Å²) in [5.74, 6) is 0.854. The number of fused-ring (bicyclic) bond motifs is 1. The van der Waals surface area contributed by atoms with Crippen LogP contribution in [0.1, 0.15) is 24.4 Å². The van der Waals surface area contributed by atoms with E-state index >= 15 is 0 Å². The Balaban J connectivity index is 1.95. The van der Waals surface area contributed by atoms with Crippen molar-refractivity contribution in [1.82, 2.24) is 15.3 Å². The van der Waals surface area contributed by atoms with Crippen LogP contribution in [0.4, 0.5) is 0 Å². The minimum Gasteiger partial charge on any atom is -0.307 e. The summed E-state index contributed by atoms with van der Waals surface area (Å²) in [6.07, 6.45) is 4.49.